The molecule has 1 aromatic heterocycles. The smallest absolute Gasteiger partial charge is 0.0860 e. The molecule has 0 unspecified atom stereocenters. The number of rotatable bonds is 4. The van der Waals surface area contributed by atoms with Crippen molar-refractivity contribution in [3.05, 3.63) is 16.4 Å². The summed E-state index contributed by atoms with van der Waals surface area (Å²) in [5.74, 6) is 0. The summed E-state index contributed by atoms with van der Waals surface area (Å²) >= 11 is 8.40. The molecule has 0 aliphatic heterocycles. The SMILES string of the molecule is Cc1nn(C)c(CNCCI)c1Cl. The van der Waals surface area contributed by atoms with Gasteiger partial charge in [-0.15, -0.1) is 0 Å². The van der Waals surface area contributed by atoms with E-state index in [1.165, 1.54) is 0 Å². The van der Waals surface area contributed by atoms with Gasteiger partial charge >= 0.3 is 0 Å². The monoisotopic (exact) mass is 313 g/mol. The van der Waals surface area contributed by atoms with Crippen molar-refractivity contribution in [2.24, 2.45) is 7.05 Å². The molecular formula is C8H13ClIN3. The molecule has 0 saturated heterocycles. The second kappa shape index (κ2) is 5.17. The molecule has 0 aromatic carbocycles. The van der Waals surface area contributed by atoms with Crippen molar-refractivity contribution in [2.75, 3.05) is 11.0 Å². The molecule has 0 aliphatic carbocycles. The van der Waals surface area contributed by atoms with E-state index in [-0.39, 0.29) is 0 Å². The molecule has 1 heterocycles. The van der Waals surface area contributed by atoms with Gasteiger partial charge in [0.2, 0.25) is 0 Å². The first-order valence-electron chi connectivity index (χ1n) is 4.11. The first-order valence-corrected chi connectivity index (χ1v) is 6.01. The third-order valence-electron chi connectivity index (χ3n) is 1.83. The van der Waals surface area contributed by atoms with Crippen LogP contribution >= 0.6 is 34.2 Å². The summed E-state index contributed by atoms with van der Waals surface area (Å²) in [7, 11) is 1.92. The van der Waals surface area contributed by atoms with Crippen LogP contribution in [0.2, 0.25) is 5.02 Å². The van der Waals surface area contributed by atoms with E-state index >= 15 is 0 Å². The largest absolute Gasteiger partial charge is 0.310 e. The van der Waals surface area contributed by atoms with Crippen LogP contribution in [0.4, 0.5) is 0 Å². The van der Waals surface area contributed by atoms with Crippen molar-refractivity contribution in [3.63, 3.8) is 0 Å². The maximum absolute atomic E-state index is 6.07. The molecule has 3 nitrogen and oxygen atoms in total. The van der Waals surface area contributed by atoms with Crippen LogP contribution in [0.25, 0.3) is 0 Å². The minimum absolute atomic E-state index is 0.781. The third-order valence-corrected chi connectivity index (χ3v) is 2.86. The quantitative estimate of drug-likeness (QED) is 0.523. The molecule has 74 valence electrons. The number of aromatic nitrogens is 2. The summed E-state index contributed by atoms with van der Waals surface area (Å²) in [4.78, 5) is 0. The fourth-order valence-corrected chi connectivity index (χ4v) is 1.75. The van der Waals surface area contributed by atoms with E-state index in [2.05, 4.69) is 33.0 Å². The van der Waals surface area contributed by atoms with Gasteiger partial charge in [0.25, 0.3) is 0 Å². The van der Waals surface area contributed by atoms with Gasteiger partial charge in [-0.1, -0.05) is 34.2 Å². The molecule has 0 spiro atoms. The number of alkyl halides is 1. The van der Waals surface area contributed by atoms with Crippen LogP contribution in [-0.2, 0) is 13.6 Å². The highest BCUT2D eigenvalue weighted by Crippen LogP contribution is 2.18. The normalized spacial score (nSPS) is 10.8. The number of nitrogens with one attached hydrogen (secondary N) is 1. The van der Waals surface area contributed by atoms with Crippen molar-refractivity contribution in [2.45, 2.75) is 13.5 Å². The van der Waals surface area contributed by atoms with Crippen molar-refractivity contribution in [3.8, 4) is 0 Å². The van der Waals surface area contributed by atoms with E-state index < -0.39 is 0 Å². The molecule has 0 aliphatic rings. The van der Waals surface area contributed by atoms with Gasteiger partial charge in [0.1, 0.15) is 0 Å². The van der Waals surface area contributed by atoms with Gasteiger partial charge in [-0.25, -0.2) is 0 Å². The molecule has 0 bridgehead atoms. The first kappa shape index (κ1) is 11.3. The van der Waals surface area contributed by atoms with Crippen LogP contribution in [0.1, 0.15) is 11.4 Å². The molecule has 0 saturated carbocycles. The van der Waals surface area contributed by atoms with Crippen LogP contribution in [0.5, 0.6) is 0 Å². The Hall–Kier alpha value is 0.190. The molecule has 5 heteroatoms. The first-order chi connectivity index (χ1) is 6.16. The lowest BCUT2D eigenvalue weighted by Gasteiger charge is -2.03. The molecule has 0 amide bonds. The van der Waals surface area contributed by atoms with Gasteiger partial charge in [-0.05, 0) is 6.92 Å². The number of hydrogen-bond donors (Lipinski definition) is 1. The Morgan fingerprint density at radius 1 is 1.62 bits per heavy atom. The van der Waals surface area contributed by atoms with Gasteiger partial charge in [-0.2, -0.15) is 5.10 Å². The summed E-state index contributed by atoms with van der Waals surface area (Å²) in [6.07, 6.45) is 0. The molecule has 1 aromatic rings. The Balaban J connectivity index is 2.64. The lowest BCUT2D eigenvalue weighted by molar-refractivity contribution is 0.644. The molecule has 0 fully saturated rings. The average molecular weight is 314 g/mol. The Labute approximate surface area is 97.0 Å². The molecule has 1 rings (SSSR count). The lowest BCUT2D eigenvalue weighted by atomic mass is 10.3. The van der Waals surface area contributed by atoms with Gasteiger partial charge in [0.05, 0.1) is 16.4 Å². The zero-order chi connectivity index (χ0) is 9.84. The number of aryl methyl sites for hydroxylation is 2. The standard InChI is InChI=1S/C8H13ClIN3/c1-6-8(9)7(13(2)12-6)5-11-4-3-10/h11H,3-5H2,1-2H3. The number of nitrogens with zero attached hydrogens (tertiary/aromatic N) is 2. The van der Waals surface area contributed by atoms with Crippen LogP contribution in [0, 0.1) is 6.92 Å². The Kier molecular flexibility index (Phi) is 4.48. The summed E-state index contributed by atoms with van der Waals surface area (Å²) in [5, 5.41) is 8.31. The fraction of sp³-hybridized carbons (Fsp3) is 0.625. The second-order valence-corrected chi connectivity index (χ2v) is 4.29. The Bertz CT molecular complexity index is 285. The van der Waals surface area contributed by atoms with Gasteiger partial charge < -0.3 is 5.32 Å². The zero-order valence-electron chi connectivity index (χ0n) is 7.77. The summed E-state index contributed by atoms with van der Waals surface area (Å²) in [6.45, 7) is 3.71. The van der Waals surface area contributed by atoms with Gasteiger partial charge in [-0.3, -0.25) is 4.68 Å². The number of hydrogen-bond acceptors (Lipinski definition) is 2. The summed E-state index contributed by atoms with van der Waals surface area (Å²) in [5.41, 5.74) is 1.96. The number of halogens is 2. The Morgan fingerprint density at radius 3 is 2.77 bits per heavy atom. The summed E-state index contributed by atoms with van der Waals surface area (Å²) < 4.78 is 2.93. The van der Waals surface area contributed by atoms with E-state index in [0.29, 0.717) is 0 Å². The van der Waals surface area contributed by atoms with Gasteiger partial charge in [0, 0.05) is 24.6 Å². The maximum Gasteiger partial charge on any atom is 0.0860 e. The van der Waals surface area contributed by atoms with Crippen molar-refractivity contribution in [1.82, 2.24) is 15.1 Å². The Morgan fingerprint density at radius 2 is 2.31 bits per heavy atom. The van der Waals surface area contributed by atoms with Crippen LogP contribution in [0.3, 0.4) is 0 Å². The predicted octanol–water partition coefficient (Wildman–Crippen LogP) is 1.91. The van der Waals surface area contributed by atoms with E-state index in [4.69, 9.17) is 11.6 Å². The maximum atomic E-state index is 6.07. The van der Waals surface area contributed by atoms with Crippen LogP contribution < -0.4 is 5.32 Å². The minimum atomic E-state index is 0.781. The van der Waals surface area contributed by atoms with E-state index in [1.807, 2.05) is 18.7 Å². The zero-order valence-corrected chi connectivity index (χ0v) is 10.7. The molecular weight excluding hydrogens is 300 g/mol. The van der Waals surface area contributed by atoms with Crippen molar-refractivity contribution in [1.29, 1.82) is 0 Å². The molecule has 1 N–H and O–H groups in total. The van der Waals surface area contributed by atoms with Crippen molar-refractivity contribution >= 4 is 34.2 Å². The fourth-order valence-electron chi connectivity index (χ4n) is 1.15. The lowest BCUT2D eigenvalue weighted by Crippen LogP contribution is -2.17. The van der Waals surface area contributed by atoms with E-state index in [1.54, 1.807) is 0 Å². The van der Waals surface area contributed by atoms with E-state index in [0.717, 1.165) is 33.9 Å². The molecule has 0 atom stereocenters. The second-order valence-electron chi connectivity index (χ2n) is 2.84. The van der Waals surface area contributed by atoms with Crippen LogP contribution in [-0.4, -0.2) is 20.8 Å². The topological polar surface area (TPSA) is 29.9 Å². The molecule has 13 heavy (non-hydrogen) atoms. The highest BCUT2D eigenvalue weighted by Gasteiger charge is 2.09. The van der Waals surface area contributed by atoms with Crippen molar-refractivity contribution < 1.29 is 0 Å². The highest BCUT2D eigenvalue weighted by molar-refractivity contribution is 14.1. The average Bonchev–Trinajstić information content (AvgIpc) is 2.32. The molecule has 0 radical (unpaired) electrons. The van der Waals surface area contributed by atoms with Gasteiger partial charge in [0.15, 0.2) is 0 Å². The predicted molar refractivity (Wildman–Crippen MR) is 63.5 cm³/mol. The summed E-state index contributed by atoms with van der Waals surface area (Å²) in [6, 6.07) is 0. The third kappa shape index (κ3) is 2.82. The van der Waals surface area contributed by atoms with Crippen LogP contribution in [0.15, 0.2) is 0 Å². The van der Waals surface area contributed by atoms with E-state index in [9.17, 15) is 0 Å². The highest BCUT2D eigenvalue weighted by atomic mass is 127. The minimum Gasteiger partial charge on any atom is -0.310 e.